The first-order chi connectivity index (χ1) is 12.0. The van der Waals surface area contributed by atoms with Gasteiger partial charge in [-0.1, -0.05) is 13.0 Å². The lowest BCUT2D eigenvalue weighted by atomic mass is 10.0. The molecule has 0 saturated heterocycles. The molecule has 130 valence electrons. The smallest absolute Gasteiger partial charge is 0.263 e. The Labute approximate surface area is 145 Å². The number of nitrogens with one attached hydrogen (secondary N) is 1. The van der Waals surface area contributed by atoms with Gasteiger partial charge in [-0.25, -0.2) is 0 Å². The molecule has 2 heterocycles. The van der Waals surface area contributed by atoms with Gasteiger partial charge >= 0.3 is 0 Å². The van der Waals surface area contributed by atoms with Gasteiger partial charge in [-0.05, 0) is 36.5 Å². The van der Waals surface area contributed by atoms with Gasteiger partial charge in [-0.15, -0.1) is 0 Å². The quantitative estimate of drug-likeness (QED) is 0.815. The number of carbonyl (C=O) groups is 2. The molecule has 0 aromatic carbocycles. The first-order valence-electron chi connectivity index (χ1n) is 8.39. The van der Waals surface area contributed by atoms with E-state index in [1.165, 1.54) is 17.7 Å². The summed E-state index contributed by atoms with van der Waals surface area (Å²) >= 11 is 0. The molecule has 25 heavy (non-hydrogen) atoms. The van der Waals surface area contributed by atoms with Gasteiger partial charge in [0.05, 0.1) is 12.2 Å². The maximum Gasteiger partial charge on any atom is 0.263 e. The van der Waals surface area contributed by atoms with E-state index in [1.807, 2.05) is 6.07 Å². The van der Waals surface area contributed by atoms with Gasteiger partial charge in [0.25, 0.3) is 11.5 Å². The van der Waals surface area contributed by atoms with Gasteiger partial charge in [-0.2, -0.15) is 0 Å². The van der Waals surface area contributed by atoms with Crippen molar-refractivity contribution >= 4 is 11.7 Å². The van der Waals surface area contributed by atoms with Gasteiger partial charge in [0.2, 0.25) is 0 Å². The van der Waals surface area contributed by atoms with Crippen LogP contribution in [0.5, 0.6) is 0 Å². The molecule has 6 heteroatoms. The number of carbonyl (C=O) groups excluding carboxylic acids is 2. The molecule has 2 aromatic rings. The van der Waals surface area contributed by atoms with Crippen LogP contribution in [0.25, 0.3) is 0 Å². The van der Waals surface area contributed by atoms with Crippen molar-refractivity contribution in [3.63, 3.8) is 0 Å². The lowest BCUT2D eigenvalue weighted by Crippen LogP contribution is -2.32. The van der Waals surface area contributed by atoms with Crippen molar-refractivity contribution in [3.8, 4) is 0 Å². The van der Waals surface area contributed by atoms with Gasteiger partial charge in [0.1, 0.15) is 5.56 Å². The summed E-state index contributed by atoms with van der Waals surface area (Å²) in [6.07, 6.45) is 4.69. The van der Waals surface area contributed by atoms with Crippen LogP contribution in [0.3, 0.4) is 0 Å². The molecule has 0 radical (unpaired) electrons. The fraction of sp³-hybridized carbons (Fsp3) is 0.368. The molecule has 2 atom stereocenters. The SMILES string of the molecule is CNC(=O)c1cc(C(=O)C[C@H]2C[C@@H]2C)cn(Cc2ccccn2)c1=O. The normalized spacial score (nSPS) is 18.6. The van der Waals surface area contributed by atoms with Crippen LogP contribution in [0.15, 0.2) is 41.5 Å². The first kappa shape index (κ1) is 17.1. The number of amides is 1. The van der Waals surface area contributed by atoms with Crippen molar-refractivity contribution in [2.75, 3.05) is 7.05 Å². The fourth-order valence-corrected chi connectivity index (χ4v) is 2.91. The summed E-state index contributed by atoms with van der Waals surface area (Å²) in [6.45, 7) is 2.33. The zero-order chi connectivity index (χ0) is 18.0. The molecule has 0 bridgehead atoms. The third kappa shape index (κ3) is 3.84. The molecule has 2 aromatic heterocycles. The summed E-state index contributed by atoms with van der Waals surface area (Å²) in [5, 5.41) is 2.46. The Hall–Kier alpha value is -2.76. The molecule has 1 aliphatic rings. The summed E-state index contributed by atoms with van der Waals surface area (Å²) in [5.74, 6) is 0.456. The van der Waals surface area contributed by atoms with Gasteiger partial charge in [0.15, 0.2) is 5.78 Å². The largest absolute Gasteiger partial charge is 0.355 e. The number of aromatic nitrogens is 2. The molecule has 0 aliphatic heterocycles. The highest BCUT2D eigenvalue weighted by atomic mass is 16.2. The number of ketones is 1. The topological polar surface area (TPSA) is 81.1 Å². The average molecular weight is 339 g/mol. The molecule has 1 saturated carbocycles. The minimum absolute atomic E-state index is 0.0203. The maximum atomic E-state index is 12.6. The zero-order valence-electron chi connectivity index (χ0n) is 14.4. The average Bonchev–Trinajstić information content (AvgIpc) is 3.31. The van der Waals surface area contributed by atoms with E-state index >= 15 is 0 Å². The molecule has 1 N–H and O–H groups in total. The summed E-state index contributed by atoms with van der Waals surface area (Å²) in [7, 11) is 1.46. The minimum Gasteiger partial charge on any atom is -0.355 e. The number of pyridine rings is 2. The second-order valence-electron chi connectivity index (χ2n) is 6.58. The molecular weight excluding hydrogens is 318 g/mol. The predicted molar refractivity (Wildman–Crippen MR) is 93.6 cm³/mol. The van der Waals surface area contributed by atoms with Crippen LogP contribution >= 0.6 is 0 Å². The third-order valence-corrected chi connectivity index (χ3v) is 4.66. The van der Waals surface area contributed by atoms with Crippen molar-refractivity contribution in [2.45, 2.75) is 26.3 Å². The van der Waals surface area contributed by atoms with E-state index < -0.39 is 11.5 Å². The van der Waals surface area contributed by atoms with Crippen LogP contribution in [0.1, 0.15) is 46.2 Å². The third-order valence-electron chi connectivity index (χ3n) is 4.66. The van der Waals surface area contributed by atoms with Gasteiger partial charge < -0.3 is 9.88 Å². The van der Waals surface area contributed by atoms with Crippen LogP contribution in [0.2, 0.25) is 0 Å². The number of hydrogen-bond donors (Lipinski definition) is 1. The monoisotopic (exact) mass is 339 g/mol. The van der Waals surface area contributed by atoms with Gasteiger partial charge in [-0.3, -0.25) is 19.4 Å². The van der Waals surface area contributed by atoms with E-state index in [4.69, 9.17) is 0 Å². The van der Waals surface area contributed by atoms with Crippen molar-refractivity contribution in [1.82, 2.24) is 14.9 Å². The van der Waals surface area contributed by atoms with Crippen LogP contribution in [0.4, 0.5) is 0 Å². The molecule has 1 aliphatic carbocycles. The van der Waals surface area contributed by atoms with Crippen molar-refractivity contribution in [1.29, 1.82) is 0 Å². The molecule has 0 unspecified atom stereocenters. The summed E-state index contributed by atoms with van der Waals surface area (Å²) in [4.78, 5) is 41.4. The van der Waals surface area contributed by atoms with Crippen molar-refractivity contribution < 1.29 is 9.59 Å². The fourth-order valence-electron chi connectivity index (χ4n) is 2.91. The van der Waals surface area contributed by atoms with Gasteiger partial charge in [0, 0.05) is 31.4 Å². The predicted octanol–water partition coefficient (Wildman–Crippen LogP) is 1.88. The number of Topliss-reactive ketones (excluding diaryl/α,β-unsaturated/α-hetero) is 1. The van der Waals surface area contributed by atoms with E-state index in [9.17, 15) is 14.4 Å². The summed E-state index contributed by atoms with van der Waals surface area (Å²) in [5.41, 5.74) is 0.635. The Morgan fingerprint density at radius 1 is 1.36 bits per heavy atom. The molecule has 1 fully saturated rings. The van der Waals surface area contributed by atoms with E-state index in [0.29, 0.717) is 29.5 Å². The van der Waals surface area contributed by atoms with Crippen molar-refractivity contribution in [2.24, 2.45) is 11.8 Å². The van der Waals surface area contributed by atoms with E-state index in [2.05, 4.69) is 17.2 Å². The first-order valence-corrected chi connectivity index (χ1v) is 8.39. The lowest BCUT2D eigenvalue weighted by molar-refractivity contribution is 0.0961. The second kappa shape index (κ2) is 7.01. The highest BCUT2D eigenvalue weighted by molar-refractivity contribution is 6.00. The second-order valence-corrected chi connectivity index (χ2v) is 6.58. The standard InChI is InChI=1S/C19H21N3O3/c1-12-7-13(12)9-17(23)14-8-16(18(24)20-2)19(25)22(10-14)11-15-5-3-4-6-21-15/h3-6,8,10,12-13H,7,9,11H2,1-2H3,(H,20,24)/t12-,13+/m0/s1. The lowest BCUT2D eigenvalue weighted by Gasteiger charge is -2.11. The maximum absolute atomic E-state index is 12.6. The molecule has 6 nitrogen and oxygen atoms in total. The van der Waals surface area contributed by atoms with Crippen LogP contribution in [-0.4, -0.2) is 28.3 Å². The van der Waals surface area contributed by atoms with Crippen LogP contribution in [0, 0.1) is 11.8 Å². The van der Waals surface area contributed by atoms with E-state index in [0.717, 1.165) is 6.42 Å². The number of nitrogens with zero attached hydrogens (tertiary/aromatic N) is 2. The molecule has 1 amide bonds. The Balaban J connectivity index is 1.97. The molecular formula is C19H21N3O3. The van der Waals surface area contributed by atoms with Crippen LogP contribution < -0.4 is 10.9 Å². The minimum atomic E-state index is -0.491. The van der Waals surface area contributed by atoms with E-state index in [1.54, 1.807) is 24.5 Å². The Bertz CT molecular complexity index is 858. The van der Waals surface area contributed by atoms with Crippen LogP contribution in [-0.2, 0) is 6.54 Å². The Morgan fingerprint density at radius 3 is 2.72 bits per heavy atom. The highest BCUT2D eigenvalue weighted by Crippen LogP contribution is 2.41. The van der Waals surface area contributed by atoms with E-state index in [-0.39, 0.29) is 17.9 Å². The highest BCUT2D eigenvalue weighted by Gasteiger charge is 2.34. The molecule has 0 spiro atoms. The Kier molecular flexibility index (Phi) is 4.79. The Morgan fingerprint density at radius 2 is 2.12 bits per heavy atom. The summed E-state index contributed by atoms with van der Waals surface area (Å²) < 4.78 is 1.39. The molecule has 3 rings (SSSR count). The van der Waals surface area contributed by atoms with Crippen molar-refractivity contribution in [3.05, 3.63) is 63.8 Å². The number of hydrogen-bond acceptors (Lipinski definition) is 4. The summed E-state index contributed by atoms with van der Waals surface area (Å²) in [6, 6.07) is 6.83. The zero-order valence-corrected chi connectivity index (χ0v) is 14.4. The number of rotatable bonds is 6.